The van der Waals surface area contributed by atoms with Gasteiger partial charge in [0.25, 0.3) is 0 Å². The lowest BCUT2D eigenvalue weighted by molar-refractivity contribution is -0.107. The van der Waals surface area contributed by atoms with Gasteiger partial charge in [-0.25, -0.2) is 0 Å². The number of benzene rings is 1. The van der Waals surface area contributed by atoms with Crippen LogP contribution in [0.2, 0.25) is 0 Å². The van der Waals surface area contributed by atoms with Crippen LogP contribution < -0.4 is 5.32 Å². The van der Waals surface area contributed by atoms with E-state index in [2.05, 4.69) is 11.9 Å². The zero-order chi connectivity index (χ0) is 9.94. The summed E-state index contributed by atoms with van der Waals surface area (Å²) in [6.45, 7) is 3.32. The molecule has 2 heteroatoms. The summed E-state index contributed by atoms with van der Waals surface area (Å²) in [6.07, 6.45) is 2.85. The van der Waals surface area contributed by atoms with Gasteiger partial charge in [0.15, 0.2) is 0 Å². The van der Waals surface area contributed by atoms with Gasteiger partial charge < -0.3 is 10.1 Å². The van der Waals surface area contributed by atoms with Gasteiger partial charge >= 0.3 is 0 Å². The van der Waals surface area contributed by atoms with Gasteiger partial charge in [-0.3, -0.25) is 0 Å². The second-order valence-electron chi connectivity index (χ2n) is 2.31. The second-order valence-corrected chi connectivity index (χ2v) is 2.31. The number of nitrogens with one attached hydrogen (secondary N) is 1. The molecule has 0 fully saturated rings. The Kier molecular flexibility index (Phi) is 7.50. The maximum Gasteiger partial charge on any atom is 0.123 e. The molecule has 0 heterocycles. The molecule has 0 unspecified atom stereocenters. The van der Waals surface area contributed by atoms with Crippen molar-refractivity contribution in [1.29, 1.82) is 0 Å². The minimum absolute atomic E-state index is 0.472. The molecule has 0 amide bonds. The standard InChI is InChI=1S/C7H9N.C4H6O/c1-8-7-5-3-2-4-6-7;1-2-3-4-5/h2-6,8H,1H3;2,4H,1,3H2. The zero-order valence-electron chi connectivity index (χ0n) is 7.86. The maximum absolute atomic E-state index is 9.33. The van der Waals surface area contributed by atoms with Crippen LogP contribution in [0.5, 0.6) is 0 Å². The van der Waals surface area contributed by atoms with Crippen LogP contribution >= 0.6 is 0 Å². The molecule has 0 aliphatic carbocycles. The number of para-hydroxylation sites is 1. The lowest BCUT2D eigenvalue weighted by Crippen LogP contribution is -1.84. The van der Waals surface area contributed by atoms with Gasteiger partial charge in [-0.2, -0.15) is 0 Å². The Morgan fingerprint density at radius 2 is 2.00 bits per heavy atom. The summed E-state index contributed by atoms with van der Waals surface area (Å²) in [6, 6.07) is 10.1. The van der Waals surface area contributed by atoms with Crippen LogP contribution in [-0.4, -0.2) is 13.3 Å². The van der Waals surface area contributed by atoms with Crippen LogP contribution in [0.4, 0.5) is 5.69 Å². The van der Waals surface area contributed by atoms with Gasteiger partial charge in [0.05, 0.1) is 0 Å². The van der Waals surface area contributed by atoms with Crippen molar-refractivity contribution >= 4 is 12.0 Å². The van der Waals surface area contributed by atoms with E-state index in [1.165, 1.54) is 0 Å². The monoisotopic (exact) mass is 177 g/mol. The second kappa shape index (κ2) is 8.53. The maximum atomic E-state index is 9.33. The Labute approximate surface area is 79.3 Å². The third kappa shape index (κ3) is 6.81. The van der Waals surface area contributed by atoms with Crippen LogP contribution in [0.3, 0.4) is 0 Å². The third-order valence-electron chi connectivity index (χ3n) is 1.33. The fraction of sp³-hybridized carbons (Fsp3) is 0.182. The number of aldehydes is 1. The third-order valence-corrected chi connectivity index (χ3v) is 1.33. The molecule has 0 bridgehead atoms. The largest absolute Gasteiger partial charge is 0.388 e. The van der Waals surface area contributed by atoms with Gasteiger partial charge in [0.2, 0.25) is 0 Å². The fourth-order valence-corrected chi connectivity index (χ4v) is 0.673. The molecule has 13 heavy (non-hydrogen) atoms. The number of rotatable bonds is 3. The van der Waals surface area contributed by atoms with Gasteiger partial charge in [0, 0.05) is 19.2 Å². The van der Waals surface area contributed by atoms with Crippen molar-refractivity contribution < 1.29 is 4.79 Å². The molecule has 0 spiro atoms. The van der Waals surface area contributed by atoms with E-state index in [1.54, 1.807) is 6.08 Å². The number of allylic oxidation sites excluding steroid dienone is 1. The van der Waals surface area contributed by atoms with E-state index in [0.717, 1.165) is 12.0 Å². The number of hydrogen-bond donors (Lipinski definition) is 1. The minimum atomic E-state index is 0.472. The molecule has 0 aromatic heterocycles. The molecule has 1 aromatic carbocycles. The molecule has 0 atom stereocenters. The van der Waals surface area contributed by atoms with Crippen molar-refractivity contribution in [3.05, 3.63) is 43.0 Å². The molecule has 0 aliphatic rings. The first-order chi connectivity index (χ1) is 6.35. The first-order valence-corrected chi connectivity index (χ1v) is 4.12. The van der Waals surface area contributed by atoms with Gasteiger partial charge in [-0.1, -0.05) is 24.3 Å². The average Bonchev–Trinajstić information content (AvgIpc) is 2.21. The molecule has 1 aromatic rings. The summed E-state index contributed by atoms with van der Waals surface area (Å²) in [4.78, 5) is 9.33. The Hall–Kier alpha value is -1.57. The lowest BCUT2D eigenvalue weighted by Gasteiger charge is -1.94. The highest BCUT2D eigenvalue weighted by atomic mass is 16.1. The first-order valence-electron chi connectivity index (χ1n) is 4.12. The van der Waals surface area contributed by atoms with Crippen molar-refractivity contribution in [2.45, 2.75) is 6.42 Å². The summed E-state index contributed by atoms with van der Waals surface area (Å²) in [5, 5.41) is 3.03. The number of carbonyl (C=O) groups is 1. The molecule has 1 rings (SSSR count). The molecular formula is C11H15NO. The number of carbonyl (C=O) groups excluding carboxylic acids is 1. The van der Waals surface area contributed by atoms with Crippen LogP contribution in [0.15, 0.2) is 43.0 Å². The highest BCUT2D eigenvalue weighted by molar-refractivity contribution is 5.51. The summed E-state index contributed by atoms with van der Waals surface area (Å²) in [5.41, 5.74) is 1.16. The SMILES string of the molecule is C=CCC=O.CNc1ccccc1. The molecule has 70 valence electrons. The summed E-state index contributed by atoms with van der Waals surface area (Å²) >= 11 is 0. The van der Waals surface area contributed by atoms with Gasteiger partial charge in [0.1, 0.15) is 6.29 Å². The average molecular weight is 177 g/mol. The van der Waals surface area contributed by atoms with Gasteiger partial charge in [-0.05, 0) is 12.1 Å². The molecular weight excluding hydrogens is 162 g/mol. The lowest BCUT2D eigenvalue weighted by atomic mass is 10.3. The van der Waals surface area contributed by atoms with Crippen molar-refractivity contribution in [2.75, 3.05) is 12.4 Å². The highest BCUT2D eigenvalue weighted by Crippen LogP contribution is 2.01. The predicted octanol–water partition coefficient (Wildman–Crippen LogP) is 2.49. The highest BCUT2D eigenvalue weighted by Gasteiger charge is 1.77. The molecule has 2 nitrogen and oxygen atoms in total. The quantitative estimate of drug-likeness (QED) is 0.567. The van der Waals surface area contributed by atoms with Crippen molar-refractivity contribution in [2.24, 2.45) is 0 Å². The Morgan fingerprint density at radius 3 is 2.23 bits per heavy atom. The summed E-state index contributed by atoms with van der Waals surface area (Å²) in [7, 11) is 1.91. The van der Waals surface area contributed by atoms with E-state index < -0.39 is 0 Å². The number of hydrogen-bond acceptors (Lipinski definition) is 2. The Morgan fingerprint density at radius 1 is 1.38 bits per heavy atom. The molecule has 0 radical (unpaired) electrons. The minimum Gasteiger partial charge on any atom is -0.388 e. The Balaban J connectivity index is 0.000000252. The van der Waals surface area contributed by atoms with Crippen molar-refractivity contribution in [1.82, 2.24) is 0 Å². The molecule has 1 N–H and O–H groups in total. The van der Waals surface area contributed by atoms with Crippen molar-refractivity contribution in [3.63, 3.8) is 0 Å². The van der Waals surface area contributed by atoms with Crippen molar-refractivity contribution in [3.8, 4) is 0 Å². The van der Waals surface area contributed by atoms with Gasteiger partial charge in [-0.15, -0.1) is 6.58 Å². The smallest absolute Gasteiger partial charge is 0.123 e. The van der Waals surface area contributed by atoms with E-state index >= 15 is 0 Å². The van der Waals surface area contributed by atoms with E-state index in [-0.39, 0.29) is 0 Å². The zero-order valence-corrected chi connectivity index (χ0v) is 7.86. The Bertz CT molecular complexity index is 225. The fourth-order valence-electron chi connectivity index (χ4n) is 0.673. The molecule has 0 aliphatic heterocycles. The van der Waals surface area contributed by atoms with Crippen LogP contribution in [0.1, 0.15) is 6.42 Å². The first kappa shape index (κ1) is 11.4. The molecule has 0 saturated heterocycles. The normalized spacial score (nSPS) is 7.77. The van der Waals surface area contributed by atoms with Crippen LogP contribution in [0.25, 0.3) is 0 Å². The van der Waals surface area contributed by atoms with Crippen LogP contribution in [0, 0.1) is 0 Å². The van der Waals surface area contributed by atoms with Crippen LogP contribution in [-0.2, 0) is 4.79 Å². The molecule has 0 saturated carbocycles. The van der Waals surface area contributed by atoms with E-state index in [0.29, 0.717) is 6.42 Å². The van der Waals surface area contributed by atoms with E-state index in [4.69, 9.17) is 0 Å². The van der Waals surface area contributed by atoms with E-state index in [9.17, 15) is 4.79 Å². The predicted molar refractivity (Wildman–Crippen MR) is 56.9 cm³/mol. The summed E-state index contributed by atoms with van der Waals surface area (Å²) in [5.74, 6) is 0. The topological polar surface area (TPSA) is 29.1 Å². The van der Waals surface area contributed by atoms with E-state index in [1.807, 2.05) is 37.4 Å². The number of anilines is 1. The summed E-state index contributed by atoms with van der Waals surface area (Å²) < 4.78 is 0.